The average molecular weight is 494 g/mol. The molecule has 10 nitrogen and oxygen atoms in total. The van der Waals surface area contributed by atoms with Crippen molar-refractivity contribution < 1.29 is 24.6 Å². The number of likely N-dealkylation sites (tertiary alicyclic amines) is 1. The van der Waals surface area contributed by atoms with E-state index in [0.717, 1.165) is 19.5 Å². The first-order valence-corrected chi connectivity index (χ1v) is 12.8. The van der Waals surface area contributed by atoms with E-state index in [1.54, 1.807) is 13.8 Å². The Balaban J connectivity index is 1.37. The first-order chi connectivity index (χ1) is 16.0. The number of rotatable bonds is 7. The number of fused-ring (bicyclic) bond motifs is 1. The van der Waals surface area contributed by atoms with E-state index in [2.05, 4.69) is 5.32 Å². The van der Waals surface area contributed by atoms with Crippen molar-refractivity contribution in [1.82, 2.24) is 20.0 Å². The summed E-state index contributed by atoms with van der Waals surface area (Å²) < 4.78 is 0. The van der Waals surface area contributed by atoms with Gasteiger partial charge >= 0.3 is 5.97 Å². The largest absolute Gasteiger partial charge is 0.477 e. The van der Waals surface area contributed by atoms with Crippen LogP contribution in [0.25, 0.3) is 0 Å². The molecule has 4 aliphatic rings. The van der Waals surface area contributed by atoms with Gasteiger partial charge in [-0.3, -0.25) is 15.0 Å². The lowest BCUT2D eigenvalue weighted by Gasteiger charge is -2.46. The number of hydrogen-bond donors (Lipinski definition) is 4. The summed E-state index contributed by atoms with van der Waals surface area (Å²) in [6, 6.07) is -0.620. The Morgan fingerprint density at radius 2 is 2.09 bits per heavy atom. The van der Waals surface area contributed by atoms with Crippen molar-refractivity contribution in [2.45, 2.75) is 57.1 Å². The van der Waals surface area contributed by atoms with Crippen molar-refractivity contribution in [3.63, 3.8) is 0 Å². The highest BCUT2D eigenvalue weighted by molar-refractivity contribution is 8.03. The SMILES string of the molecule is CC(=N)N(C)C[C@H]1CCN(C(=O)C2C[C@H](SC3=C(C(=O)O)N4C(=O)C([C@@H](C)O)C4C3C)CN2)C1. The minimum Gasteiger partial charge on any atom is -0.477 e. The maximum absolute atomic E-state index is 13.1. The van der Waals surface area contributed by atoms with E-state index in [1.807, 2.05) is 23.8 Å². The number of thioether (sulfide) groups is 1. The van der Waals surface area contributed by atoms with Gasteiger partial charge in [0.05, 0.1) is 29.9 Å². The van der Waals surface area contributed by atoms with Gasteiger partial charge in [-0.1, -0.05) is 6.92 Å². The standard InChI is InChI=1S/C23H35N5O5S/c1-11-18-17(12(2)29)22(31)28(18)19(23(32)33)20(11)34-15-7-16(25-8-15)21(30)27-6-5-14(10-27)9-26(4)13(3)24/h11-12,14-18,24-25,29H,5-10H2,1-4H3,(H,32,33)/t11?,12-,14-,15+,16?,17?,18?/m1/s1. The molecule has 4 rings (SSSR count). The number of β-lactam (4-membered cyclic amide) rings is 1. The van der Waals surface area contributed by atoms with E-state index in [-0.39, 0.29) is 40.8 Å². The first kappa shape index (κ1) is 25.0. The van der Waals surface area contributed by atoms with Gasteiger partial charge in [0, 0.05) is 49.3 Å². The molecule has 188 valence electrons. The van der Waals surface area contributed by atoms with Crippen LogP contribution in [0.4, 0.5) is 0 Å². The third-order valence-electron chi connectivity index (χ3n) is 7.70. The zero-order valence-corrected chi connectivity index (χ0v) is 21.0. The lowest BCUT2D eigenvalue weighted by Crippen LogP contribution is -2.63. The summed E-state index contributed by atoms with van der Waals surface area (Å²) in [5.41, 5.74) is 0.0344. The lowest BCUT2D eigenvalue weighted by atomic mass is 9.79. The maximum Gasteiger partial charge on any atom is 0.353 e. The molecule has 7 atom stereocenters. The number of aliphatic hydroxyl groups is 1. The summed E-state index contributed by atoms with van der Waals surface area (Å²) in [5, 5.41) is 30.9. The quantitative estimate of drug-likeness (QED) is 0.227. The van der Waals surface area contributed by atoms with Gasteiger partial charge in [-0.2, -0.15) is 0 Å². The topological polar surface area (TPSA) is 137 Å². The van der Waals surface area contributed by atoms with Crippen molar-refractivity contribution in [2.24, 2.45) is 17.8 Å². The number of hydrogen-bond acceptors (Lipinski definition) is 7. The first-order valence-electron chi connectivity index (χ1n) is 11.9. The molecule has 0 spiro atoms. The molecule has 4 unspecified atom stereocenters. The van der Waals surface area contributed by atoms with E-state index in [0.29, 0.717) is 36.2 Å². The Kier molecular flexibility index (Phi) is 6.99. The summed E-state index contributed by atoms with van der Waals surface area (Å²) in [5.74, 6) is -1.24. The lowest BCUT2D eigenvalue weighted by molar-refractivity contribution is -0.163. The van der Waals surface area contributed by atoms with Crippen LogP contribution in [0.2, 0.25) is 0 Å². The maximum atomic E-state index is 13.1. The molecule has 0 aromatic heterocycles. The third kappa shape index (κ3) is 4.33. The van der Waals surface area contributed by atoms with Crippen molar-refractivity contribution >= 4 is 35.4 Å². The number of carboxylic acids is 1. The predicted octanol–water partition coefficient (Wildman–Crippen LogP) is 0.381. The molecule has 0 aliphatic carbocycles. The minimum absolute atomic E-state index is 0.0321. The number of nitrogens with one attached hydrogen (secondary N) is 2. The van der Waals surface area contributed by atoms with E-state index in [9.17, 15) is 24.6 Å². The van der Waals surface area contributed by atoms with E-state index in [1.165, 1.54) is 16.7 Å². The van der Waals surface area contributed by atoms with Gasteiger partial charge in [-0.15, -0.1) is 11.8 Å². The number of carbonyl (C=O) groups excluding carboxylic acids is 2. The normalized spacial score (nSPS) is 33.7. The Morgan fingerprint density at radius 1 is 1.38 bits per heavy atom. The monoisotopic (exact) mass is 493 g/mol. The number of amidine groups is 1. The van der Waals surface area contributed by atoms with Gasteiger partial charge in [0.2, 0.25) is 11.8 Å². The molecule has 2 amide bonds. The molecule has 4 N–H and O–H groups in total. The van der Waals surface area contributed by atoms with Crippen LogP contribution >= 0.6 is 11.8 Å². The third-order valence-corrected chi connectivity index (χ3v) is 9.21. The van der Waals surface area contributed by atoms with Crippen LogP contribution < -0.4 is 5.32 Å². The number of aliphatic hydroxyl groups excluding tert-OH is 1. The van der Waals surface area contributed by atoms with Gasteiger partial charge in [0.15, 0.2) is 0 Å². The van der Waals surface area contributed by atoms with Crippen molar-refractivity contribution in [2.75, 3.05) is 33.2 Å². The number of nitrogens with zero attached hydrogens (tertiary/aromatic N) is 3. The fourth-order valence-electron chi connectivity index (χ4n) is 5.77. The summed E-state index contributed by atoms with van der Waals surface area (Å²) in [6.45, 7) is 8.02. The molecule has 34 heavy (non-hydrogen) atoms. The molecule has 0 radical (unpaired) electrons. The summed E-state index contributed by atoms with van der Waals surface area (Å²) in [7, 11) is 1.90. The van der Waals surface area contributed by atoms with Crippen LogP contribution in [-0.2, 0) is 14.4 Å². The summed E-state index contributed by atoms with van der Waals surface area (Å²) in [6.07, 6.45) is 0.708. The van der Waals surface area contributed by atoms with Gasteiger partial charge in [0.1, 0.15) is 5.70 Å². The molecular weight excluding hydrogens is 458 g/mol. The van der Waals surface area contributed by atoms with E-state index < -0.39 is 18.0 Å². The fourth-order valence-corrected chi connectivity index (χ4v) is 7.24. The zero-order valence-electron chi connectivity index (χ0n) is 20.2. The summed E-state index contributed by atoms with van der Waals surface area (Å²) in [4.78, 5) is 43.5. The molecule has 0 aromatic carbocycles. The molecule has 4 heterocycles. The smallest absolute Gasteiger partial charge is 0.353 e. The number of amides is 2. The number of aliphatic carboxylic acids is 1. The molecule has 11 heteroatoms. The predicted molar refractivity (Wildman–Crippen MR) is 128 cm³/mol. The van der Waals surface area contributed by atoms with E-state index in [4.69, 9.17) is 5.41 Å². The molecule has 0 aromatic rings. The summed E-state index contributed by atoms with van der Waals surface area (Å²) >= 11 is 1.46. The zero-order chi connectivity index (χ0) is 24.9. The Morgan fingerprint density at radius 3 is 2.71 bits per heavy atom. The second kappa shape index (κ2) is 9.50. The molecule has 3 fully saturated rings. The van der Waals surface area contributed by atoms with Gasteiger partial charge < -0.3 is 30.2 Å². The molecule has 0 saturated carbocycles. The second-order valence-electron chi connectivity index (χ2n) is 10.1. The van der Waals surface area contributed by atoms with Crippen LogP contribution in [0.15, 0.2) is 10.6 Å². The van der Waals surface area contributed by atoms with Crippen molar-refractivity contribution in [3.8, 4) is 0 Å². The minimum atomic E-state index is -1.12. The van der Waals surface area contributed by atoms with Gasteiger partial charge in [0.25, 0.3) is 0 Å². The molecule has 4 aliphatic heterocycles. The van der Waals surface area contributed by atoms with Crippen molar-refractivity contribution in [1.29, 1.82) is 5.41 Å². The van der Waals surface area contributed by atoms with Crippen LogP contribution in [-0.4, -0.2) is 105 Å². The van der Waals surface area contributed by atoms with Crippen LogP contribution in [0.1, 0.15) is 33.6 Å². The van der Waals surface area contributed by atoms with E-state index >= 15 is 0 Å². The van der Waals surface area contributed by atoms with Gasteiger partial charge in [-0.05, 0) is 32.6 Å². The number of carboxylic acid groups (broad SMARTS) is 1. The Hall–Kier alpha value is -2.11. The highest BCUT2D eigenvalue weighted by Gasteiger charge is 2.60. The second-order valence-corrected chi connectivity index (χ2v) is 11.5. The average Bonchev–Trinajstić information content (AvgIpc) is 3.46. The van der Waals surface area contributed by atoms with Gasteiger partial charge in [-0.25, -0.2) is 4.79 Å². The molecule has 3 saturated heterocycles. The highest BCUT2D eigenvalue weighted by Crippen LogP contribution is 2.51. The molecular formula is C23H35N5O5S. The highest BCUT2D eigenvalue weighted by atomic mass is 32.2. The Labute approximate surface area is 204 Å². The van der Waals surface area contributed by atoms with Crippen LogP contribution in [0.3, 0.4) is 0 Å². The van der Waals surface area contributed by atoms with Crippen LogP contribution in [0.5, 0.6) is 0 Å². The Bertz CT molecular complexity index is 923. The molecule has 0 bridgehead atoms. The number of carbonyl (C=O) groups is 3. The fraction of sp³-hybridized carbons (Fsp3) is 0.739. The van der Waals surface area contributed by atoms with Crippen molar-refractivity contribution in [3.05, 3.63) is 10.6 Å². The van der Waals surface area contributed by atoms with Crippen LogP contribution in [0, 0.1) is 23.2 Å².